The maximum atomic E-state index is 16.0. The lowest BCUT2D eigenvalue weighted by Crippen LogP contribution is -2.51. The van der Waals surface area contributed by atoms with Gasteiger partial charge in [-0.15, -0.1) is 11.3 Å². The lowest BCUT2D eigenvalue weighted by molar-refractivity contribution is -0.137. The Kier molecular flexibility index (Phi) is 10.9. The van der Waals surface area contributed by atoms with Crippen LogP contribution in [0, 0.1) is 5.82 Å². The Morgan fingerprint density at radius 1 is 0.971 bits per heavy atom. The highest BCUT2D eigenvalue weighted by molar-refractivity contribution is 7.13. The van der Waals surface area contributed by atoms with Crippen LogP contribution in [-0.4, -0.2) is 130 Å². The number of urea groups is 1. The third-order valence-corrected chi connectivity index (χ3v) is 14.6. The molecule has 19 nitrogen and oxygen atoms in total. The summed E-state index contributed by atoms with van der Waals surface area (Å²) in [6.45, 7) is 1.09. The van der Waals surface area contributed by atoms with E-state index in [1.165, 1.54) is 50.3 Å². The Balaban J connectivity index is 0.723. The molecule has 2 N–H and O–H groups in total. The van der Waals surface area contributed by atoms with Crippen LogP contribution in [-0.2, 0) is 34.4 Å². The van der Waals surface area contributed by atoms with Crippen LogP contribution in [0.4, 0.5) is 28.9 Å². The first-order chi connectivity index (χ1) is 33.2. The number of aryl methyl sites for hydroxylation is 2. The fourth-order valence-electron chi connectivity index (χ4n) is 10.4. The van der Waals surface area contributed by atoms with E-state index in [-0.39, 0.29) is 66.7 Å². The van der Waals surface area contributed by atoms with Crippen molar-refractivity contribution in [1.29, 1.82) is 0 Å². The second-order valence-corrected chi connectivity index (χ2v) is 19.0. The molecule has 0 saturated carbocycles. The summed E-state index contributed by atoms with van der Waals surface area (Å²) in [5.41, 5.74) is 2.13. The first kappa shape index (κ1) is 44.2. The molecule has 0 bridgehead atoms. The van der Waals surface area contributed by atoms with Gasteiger partial charge in [-0.25, -0.2) is 27.9 Å². The quantitative estimate of drug-likeness (QED) is 0.177. The number of aromatic nitrogens is 7. The molecule has 0 spiro atoms. The topological polar surface area (TPSA) is 206 Å². The molecule has 5 aliphatic heterocycles. The van der Waals surface area contributed by atoms with Crippen molar-refractivity contribution in [3.05, 3.63) is 94.5 Å². The van der Waals surface area contributed by atoms with Crippen LogP contribution in [0.5, 0.6) is 0 Å². The van der Waals surface area contributed by atoms with Gasteiger partial charge in [-0.05, 0) is 74.0 Å². The molecular weight excluding hydrogens is 920 g/mol. The summed E-state index contributed by atoms with van der Waals surface area (Å²) in [5, 5.41) is 16.5. The summed E-state index contributed by atoms with van der Waals surface area (Å²) >= 11 is 1.17. The van der Waals surface area contributed by atoms with Gasteiger partial charge in [0.25, 0.3) is 23.6 Å². The number of likely N-dealkylation sites (tertiary alicyclic amines) is 2. The van der Waals surface area contributed by atoms with Gasteiger partial charge in [0.1, 0.15) is 5.82 Å². The summed E-state index contributed by atoms with van der Waals surface area (Å²) in [6.07, 6.45) is 9.00. The molecule has 2 atom stereocenters. The molecule has 7 amide bonds. The third-order valence-electron chi connectivity index (χ3n) is 13.9. The van der Waals surface area contributed by atoms with E-state index in [1.54, 1.807) is 52.7 Å². The smallest absolute Gasteiger partial charge is 0.329 e. The van der Waals surface area contributed by atoms with E-state index < -0.39 is 59.6 Å². The molecule has 11 rings (SSSR count). The Labute approximate surface area is 394 Å². The number of fused-ring (bicyclic) bond motifs is 3. The predicted molar refractivity (Wildman–Crippen MR) is 242 cm³/mol. The Morgan fingerprint density at radius 3 is 2.57 bits per heavy atom. The van der Waals surface area contributed by atoms with Crippen molar-refractivity contribution in [2.24, 2.45) is 7.05 Å². The van der Waals surface area contributed by atoms with Gasteiger partial charge in [-0.2, -0.15) is 10.2 Å². The predicted octanol–water partition coefficient (Wildman–Crippen LogP) is 4.89. The normalized spacial score (nSPS) is 20.2. The van der Waals surface area contributed by atoms with Crippen molar-refractivity contribution in [3.8, 4) is 11.1 Å². The largest absolute Gasteiger partial charge is 0.341 e. The zero-order valence-corrected chi connectivity index (χ0v) is 37.9. The van der Waals surface area contributed by atoms with Crippen molar-refractivity contribution >= 4 is 68.8 Å². The zero-order chi connectivity index (χ0) is 47.9. The molecule has 4 aromatic heterocycles. The Morgan fingerprint density at radius 2 is 1.80 bits per heavy atom. The SMILES string of the molecule is Cn1nc(N2CCC(=O)NC2=O)c2ccc(C3CCN(CC(=O)N4CCC(n5cc(-c6cc(F)c7c(c6)C(=O)N(C(C(=O)Nc6nccs6)c6ncn8c6CCC8)C7=O)cn5)CC4)CC3(F)F)cc21. The van der Waals surface area contributed by atoms with Gasteiger partial charge in [0.2, 0.25) is 11.8 Å². The summed E-state index contributed by atoms with van der Waals surface area (Å²) in [7, 11) is 1.67. The molecule has 2 unspecified atom stereocenters. The van der Waals surface area contributed by atoms with Crippen molar-refractivity contribution in [3.63, 3.8) is 0 Å². The molecule has 3 saturated heterocycles. The highest BCUT2D eigenvalue weighted by Crippen LogP contribution is 2.43. The van der Waals surface area contributed by atoms with E-state index in [1.807, 2.05) is 4.57 Å². The summed E-state index contributed by atoms with van der Waals surface area (Å²) < 4.78 is 53.0. The average Bonchev–Trinajstić information content (AvgIpc) is 4.20. The highest BCUT2D eigenvalue weighted by Gasteiger charge is 2.49. The number of imidazole rings is 1. The van der Waals surface area contributed by atoms with E-state index >= 15 is 13.2 Å². The number of nitrogens with zero attached hydrogens (tertiary/aromatic N) is 11. The average molecular weight is 964 g/mol. The highest BCUT2D eigenvalue weighted by atomic mass is 32.1. The van der Waals surface area contributed by atoms with E-state index in [0.717, 1.165) is 17.0 Å². The molecule has 0 radical (unpaired) electrons. The number of rotatable bonds is 10. The van der Waals surface area contributed by atoms with Gasteiger partial charge in [0.05, 0.1) is 59.9 Å². The number of hydrogen-bond donors (Lipinski definition) is 2. The van der Waals surface area contributed by atoms with Crippen molar-refractivity contribution in [2.45, 2.75) is 69.0 Å². The maximum Gasteiger partial charge on any atom is 0.329 e. The number of alkyl halides is 2. The second-order valence-electron chi connectivity index (χ2n) is 18.1. The molecule has 6 aromatic rings. The van der Waals surface area contributed by atoms with Gasteiger partial charge in [0.15, 0.2) is 17.0 Å². The number of carbonyl (C=O) groups is 6. The number of halogens is 3. The van der Waals surface area contributed by atoms with E-state index in [2.05, 4.69) is 30.8 Å². The number of imide groups is 2. The minimum atomic E-state index is -3.14. The molecule has 356 valence electrons. The number of amides is 7. The monoisotopic (exact) mass is 963 g/mol. The first-order valence-electron chi connectivity index (χ1n) is 22.7. The van der Waals surface area contributed by atoms with Gasteiger partial charge < -0.3 is 9.47 Å². The van der Waals surface area contributed by atoms with E-state index in [0.29, 0.717) is 72.3 Å². The van der Waals surface area contributed by atoms with Gasteiger partial charge in [0, 0.05) is 74.1 Å². The molecule has 23 heteroatoms. The molecule has 69 heavy (non-hydrogen) atoms. The van der Waals surface area contributed by atoms with Crippen LogP contribution in [0.1, 0.15) is 87.8 Å². The fraction of sp³-hybridized carbons (Fsp3) is 0.391. The van der Waals surface area contributed by atoms with Crippen molar-refractivity contribution in [1.82, 2.24) is 54.1 Å². The van der Waals surface area contributed by atoms with Gasteiger partial charge in [-0.3, -0.25) is 58.7 Å². The molecule has 0 aliphatic carbocycles. The molecule has 3 fully saturated rings. The van der Waals surface area contributed by atoms with Crippen LogP contribution >= 0.6 is 11.3 Å². The van der Waals surface area contributed by atoms with Crippen LogP contribution in [0.25, 0.3) is 22.0 Å². The second kappa shape index (κ2) is 17.0. The summed E-state index contributed by atoms with van der Waals surface area (Å²) in [5.74, 6) is -7.94. The van der Waals surface area contributed by atoms with Crippen molar-refractivity contribution in [2.75, 3.05) is 49.5 Å². The lowest BCUT2D eigenvalue weighted by Gasteiger charge is -2.39. The number of carbonyl (C=O) groups excluding carboxylic acids is 6. The number of anilines is 2. The lowest BCUT2D eigenvalue weighted by atomic mass is 9.85. The zero-order valence-electron chi connectivity index (χ0n) is 37.1. The summed E-state index contributed by atoms with van der Waals surface area (Å²) in [4.78, 5) is 93.6. The molecular formula is C46H44F3N13O6S. The van der Waals surface area contributed by atoms with Crippen LogP contribution in [0.15, 0.2) is 60.6 Å². The van der Waals surface area contributed by atoms with E-state index in [9.17, 15) is 28.8 Å². The van der Waals surface area contributed by atoms with Gasteiger partial charge >= 0.3 is 6.03 Å². The van der Waals surface area contributed by atoms with Crippen molar-refractivity contribution < 1.29 is 41.9 Å². The Bertz CT molecular complexity index is 3100. The number of benzene rings is 2. The number of thiazole rings is 1. The maximum absolute atomic E-state index is 16.0. The number of hydrogen-bond acceptors (Lipinski definition) is 12. The molecule has 2 aromatic carbocycles. The standard InChI is InChI=1S/C46H44F3N13O6S/c1-56-34-19-25(4-5-29(34)40(55-56)60-15-9-35(63)53-45(60)68)31-8-12-57(23-46(31,48)49)22-36(64)58-13-6-28(7-14-58)61-21-27(20-52-61)26-17-30-37(32(47)18-26)43(67)62(42(30)66)39(41(65)54-44-50-10-16-69-44)38-33-3-2-11-59(33)24-51-38/h4-5,10,16-21,24,28,31,39H,2-3,6-9,11-15,22-23H2,1H3,(H,50,54,65)(H,53,63,68). The fourth-order valence-corrected chi connectivity index (χ4v) is 11.0. The van der Waals surface area contributed by atoms with Crippen LogP contribution < -0.4 is 15.5 Å². The minimum Gasteiger partial charge on any atom is -0.341 e. The number of piperidine rings is 2. The number of nitrogens with one attached hydrogen (secondary N) is 2. The third kappa shape index (κ3) is 7.81. The first-order valence-corrected chi connectivity index (χ1v) is 23.6. The van der Waals surface area contributed by atoms with Crippen LogP contribution in [0.2, 0.25) is 0 Å². The van der Waals surface area contributed by atoms with Crippen LogP contribution in [0.3, 0.4) is 0 Å². The minimum absolute atomic E-state index is 0.117. The summed E-state index contributed by atoms with van der Waals surface area (Å²) in [6, 6.07) is 5.38. The Hall–Kier alpha value is -7.27. The molecule has 5 aliphatic rings. The van der Waals surface area contributed by atoms with Gasteiger partial charge in [-0.1, -0.05) is 6.07 Å². The molecule has 9 heterocycles. The van der Waals surface area contributed by atoms with E-state index in [4.69, 9.17) is 0 Å².